The number of anilines is 1. The first-order valence-corrected chi connectivity index (χ1v) is 28.4. The highest BCUT2D eigenvalue weighted by Gasteiger charge is 2.46. The van der Waals surface area contributed by atoms with E-state index in [0.717, 1.165) is 68.0 Å². The summed E-state index contributed by atoms with van der Waals surface area (Å²) in [4.78, 5) is 61.9. The molecule has 1 saturated heterocycles. The number of hydrogen-bond acceptors (Lipinski definition) is 16. The van der Waals surface area contributed by atoms with Crippen LogP contribution in [-0.4, -0.2) is 96.9 Å². The van der Waals surface area contributed by atoms with Crippen molar-refractivity contribution in [1.82, 2.24) is 9.55 Å². The number of phosphoric ester groups is 2. The zero-order valence-electron chi connectivity index (χ0n) is 42.5. The molecule has 0 aliphatic carbocycles. The smallest absolute Gasteiger partial charge is 0.462 e. The summed E-state index contributed by atoms with van der Waals surface area (Å²) in [5.74, 6) is -0.736. The van der Waals surface area contributed by atoms with Crippen molar-refractivity contribution >= 4 is 33.4 Å². The number of aliphatic hydroxyl groups is 3. The van der Waals surface area contributed by atoms with Crippen LogP contribution in [0.5, 0.6) is 0 Å². The van der Waals surface area contributed by atoms with Crippen LogP contribution in [0.4, 0.5) is 5.82 Å². The van der Waals surface area contributed by atoms with Crippen molar-refractivity contribution in [3.63, 3.8) is 0 Å². The number of allylic oxidation sites excluding steroid dienone is 10. The summed E-state index contributed by atoms with van der Waals surface area (Å²) in [7, 11) is -10.9. The van der Waals surface area contributed by atoms with E-state index in [9.17, 15) is 48.6 Å². The van der Waals surface area contributed by atoms with Crippen LogP contribution >= 0.6 is 15.6 Å². The molecule has 19 nitrogen and oxygen atoms in total. The van der Waals surface area contributed by atoms with E-state index in [1.807, 2.05) is 12.2 Å². The number of aliphatic hydroxyl groups excluding tert-OH is 3. The third kappa shape index (κ3) is 31.0. The molecule has 0 aromatic carbocycles. The number of carbonyl (C=O) groups excluding carboxylic acids is 2. The SMILES string of the molecule is CC/C=C\C/C=C\C/C=C\C/C=C\C=C/C(O)C/C=C\CCC(=O)O[C@H](COC(=O)CCCCCCCCCCCCCC(C)C)COP(=O)(O)OP(=O)(O)OC[C@H]1O[C@@H](n2ccc(N)nc2=O)[C@H](O)[C@@H]1O. The van der Waals surface area contributed by atoms with E-state index < -0.39 is 89.8 Å². The van der Waals surface area contributed by atoms with Crippen molar-refractivity contribution in [1.29, 1.82) is 0 Å². The first kappa shape index (κ1) is 64.3. The molecule has 1 aromatic heterocycles. The van der Waals surface area contributed by atoms with Gasteiger partial charge in [0.2, 0.25) is 0 Å². The summed E-state index contributed by atoms with van der Waals surface area (Å²) in [6, 6.07) is 1.24. The van der Waals surface area contributed by atoms with Crippen molar-refractivity contribution < 1.29 is 71.4 Å². The lowest BCUT2D eigenvalue weighted by atomic mass is 10.0. The Morgan fingerprint density at radius 2 is 1.38 bits per heavy atom. The zero-order chi connectivity index (χ0) is 53.0. The second kappa shape index (κ2) is 37.8. The minimum atomic E-state index is -5.47. The van der Waals surface area contributed by atoms with Crippen LogP contribution in [0.25, 0.3) is 0 Å². The summed E-state index contributed by atoms with van der Waals surface area (Å²) in [5.41, 5.74) is 4.57. The predicted molar refractivity (Wildman–Crippen MR) is 276 cm³/mol. The van der Waals surface area contributed by atoms with E-state index in [4.69, 9.17) is 29.0 Å². The Bertz CT molecular complexity index is 2020. The first-order chi connectivity index (χ1) is 34.4. The highest BCUT2D eigenvalue weighted by atomic mass is 31.3. The molecule has 2 heterocycles. The number of hydrogen-bond donors (Lipinski definition) is 6. The monoisotopic (exact) mass is 1060 g/mol. The van der Waals surface area contributed by atoms with Crippen molar-refractivity contribution in [2.75, 3.05) is 25.6 Å². The van der Waals surface area contributed by atoms with Gasteiger partial charge in [0.1, 0.15) is 30.7 Å². The number of esters is 2. The maximum atomic E-state index is 12.8. The van der Waals surface area contributed by atoms with E-state index in [-0.39, 0.29) is 31.5 Å². The fourth-order valence-corrected chi connectivity index (χ4v) is 9.25. The summed E-state index contributed by atoms with van der Waals surface area (Å²) >= 11 is 0. The van der Waals surface area contributed by atoms with E-state index in [2.05, 4.69) is 66.5 Å². The average molecular weight is 1060 g/mol. The second-order valence-corrected chi connectivity index (χ2v) is 21.0. The van der Waals surface area contributed by atoms with Crippen LogP contribution in [0.15, 0.2) is 90.0 Å². The van der Waals surface area contributed by atoms with Gasteiger partial charge in [-0.2, -0.15) is 9.29 Å². The lowest BCUT2D eigenvalue weighted by Crippen LogP contribution is -2.36. The van der Waals surface area contributed by atoms with E-state index in [1.54, 1.807) is 24.3 Å². The largest absolute Gasteiger partial charge is 0.481 e. The van der Waals surface area contributed by atoms with Gasteiger partial charge >= 0.3 is 33.3 Å². The van der Waals surface area contributed by atoms with Gasteiger partial charge in [0.15, 0.2) is 12.3 Å². The normalized spacial score (nSPS) is 20.2. The average Bonchev–Trinajstić information content (AvgIpc) is 3.60. The number of unbranched alkanes of at least 4 members (excludes halogenated alkanes) is 10. The van der Waals surface area contributed by atoms with Crippen molar-refractivity contribution in [3.8, 4) is 0 Å². The molecule has 1 fully saturated rings. The van der Waals surface area contributed by atoms with Crippen LogP contribution in [0, 0.1) is 5.92 Å². The fourth-order valence-electron chi connectivity index (χ4n) is 7.14. The molecule has 2 rings (SSSR count). The molecular weight excluding hydrogens is 973 g/mol. The van der Waals surface area contributed by atoms with E-state index in [1.165, 1.54) is 51.0 Å². The lowest BCUT2D eigenvalue weighted by molar-refractivity contribution is -0.161. The third-order valence-corrected chi connectivity index (χ3v) is 13.7. The van der Waals surface area contributed by atoms with Gasteiger partial charge in [-0.1, -0.05) is 164 Å². The number of aromatic nitrogens is 2. The number of ether oxygens (including phenoxy) is 3. The molecule has 0 amide bonds. The van der Waals surface area contributed by atoms with Gasteiger partial charge in [-0.25, -0.2) is 13.9 Å². The fraction of sp³-hybridized carbons (Fsp3) is 0.647. The van der Waals surface area contributed by atoms with Crippen LogP contribution in [-0.2, 0) is 46.3 Å². The Labute approximate surface area is 426 Å². The van der Waals surface area contributed by atoms with Gasteiger partial charge in [-0.05, 0) is 56.9 Å². The maximum absolute atomic E-state index is 12.8. The van der Waals surface area contributed by atoms with Gasteiger partial charge < -0.3 is 45.1 Å². The van der Waals surface area contributed by atoms with Gasteiger partial charge in [-0.15, -0.1) is 0 Å². The Hall–Kier alpha value is -3.84. The minimum absolute atomic E-state index is 0.0879. The number of nitrogen functional groups attached to an aromatic ring is 1. The van der Waals surface area contributed by atoms with Crippen molar-refractivity contribution in [2.24, 2.45) is 5.92 Å². The minimum Gasteiger partial charge on any atom is -0.462 e. The van der Waals surface area contributed by atoms with Gasteiger partial charge in [0.05, 0.1) is 19.3 Å². The summed E-state index contributed by atoms with van der Waals surface area (Å²) in [6.45, 7) is 4.15. The molecular formula is C51H83N3O16P2. The van der Waals surface area contributed by atoms with Crippen molar-refractivity contribution in [2.45, 2.75) is 186 Å². The van der Waals surface area contributed by atoms with Crippen LogP contribution in [0.1, 0.15) is 155 Å². The summed E-state index contributed by atoms with van der Waals surface area (Å²) in [6.07, 6.45) is 33.1. The Kier molecular flexibility index (Phi) is 33.8. The van der Waals surface area contributed by atoms with Crippen LogP contribution in [0.2, 0.25) is 0 Å². The Morgan fingerprint density at radius 3 is 2.00 bits per heavy atom. The molecule has 0 saturated carbocycles. The number of rotatable bonds is 40. The molecule has 408 valence electrons. The number of carbonyl (C=O) groups is 2. The zero-order valence-corrected chi connectivity index (χ0v) is 44.3. The molecule has 7 N–H and O–H groups in total. The number of nitrogens with zero attached hydrogens (tertiary/aromatic N) is 2. The molecule has 0 radical (unpaired) electrons. The Morgan fingerprint density at radius 1 is 0.778 bits per heavy atom. The van der Waals surface area contributed by atoms with E-state index in [0.29, 0.717) is 6.42 Å². The maximum Gasteiger partial charge on any atom is 0.481 e. The molecule has 8 atom stereocenters. The standard InChI is InChI=1S/C51H83N3O16P2/c1-4-5-6-7-8-9-10-11-14-17-20-23-27-32-42(55)33-28-25-30-35-47(57)68-43(38-65-46(56)34-29-24-21-18-15-12-13-16-19-22-26-31-41(2)3)39-66-71(61,62)70-72(63,64)67-40-44-48(58)49(59)50(69-44)54-37-36-45(52)53-51(54)60/h5-6,8-9,11,14,20,23,25,27-28,32,36-37,41-44,48-50,55,58-59H,4,7,10,12-13,15-19,21-22,24,26,29-31,33-35,38-40H2,1-3H3,(H,61,62)(H,63,64)(H2,52,53,60)/b6-5-,9-8-,14-11-,23-20-,28-25-,32-27-/t42?,43-,44-,48-,49-,50-/m1/s1. The van der Waals surface area contributed by atoms with Crippen LogP contribution < -0.4 is 11.4 Å². The first-order valence-electron chi connectivity index (χ1n) is 25.4. The topological polar surface area (TPSA) is 286 Å². The molecule has 0 spiro atoms. The third-order valence-electron chi connectivity index (χ3n) is 11.1. The lowest BCUT2D eigenvalue weighted by Gasteiger charge is -2.21. The number of phosphoric acid groups is 2. The van der Waals surface area contributed by atoms with Crippen LogP contribution in [0.3, 0.4) is 0 Å². The molecule has 1 aliphatic heterocycles. The van der Waals surface area contributed by atoms with Gasteiger partial charge in [0.25, 0.3) is 0 Å². The number of nitrogens with two attached hydrogens (primary N) is 1. The van der Waals surface area contributed by atoms with Gasteiger partial charge in [-0.3, -0.25) is 23.2 Å². The molecule has 21 heteroatoms. The van der Waals surface area contributed by atoms with Crippen molar-refractivity contribution in [3.05, 3.63) is 95.7 Å². The summed E-state index contributed by atoms with van der Waals surface area (Å²) in [5, 5.41) is 31.2. The summed E-state index contributed by atoms with van der Waals surface area (Å²) < 4.78 is 56.6. The predicted octanol–water partition coefficient (Wildman–Crippen LogP) is 9.33. The molecule has 72 heavy (non-hydrogen) atoms. The van der Waals surface area contributed by atoms with E-state index >= 15 is 0 Å². The quantitative estimate of drug-likeness (QED) is 0.0117. The second-order valence-electron chi connectivity index (χ2n) is 18.0. The molecule has 3 unspecified atom stereocenters. The molecule has 0 bridgehead atoms. The van der Waals surface area contributed by atoms with Gasteiger partial charge in [0, 0.05) is 19.0 Å². The highest BCUT2D eigenvalue weighted by molar-refractivity contribution is 7.61. The highest BCUT2D eigenvalue weighted by Crippen LogP contribution is 2.60. The Balaban J connectivity index is 1.86. The molecule has 1 aliphatic rings. The molecule has 1 aromatic rings.